The van der Waals surface area contributed by atoms with Crippen LogP contribution >= 0.6 is 23.8 Å². The number of halogens is 3. The Morgan fingerprint density at radius 3 is 2.10 bits per heavy atom. The minimum Gasteiger partial charge on any atom is -0.332 e. The summed E-state index contributed by atoms with van der Waals surface area (Å²) in [6.07, 6.45) is 0. The molecule has 0 atom stereocenters. The first-order chi connectivity index (χ1) is 13.7. The van der Waals surface area contributed by atoms with E-state index in [1.165, 1.54) is 30.3 Å². The van der Waals surface area contributed by atoms with Gasteiger partial charge in [0.05, 0.1) is 10.6 Å². The summed E-state index contributed by atoms with van der Waals surface area (Å²) in [5.41, 5.74) is 0.869. The fraction of sp³-hybridized carbons (Fsp3) is 0. The number of thiocarbonyl (C=S) groups is 1. The van der Waals surface area contributed by atoms with Crippen molar-refractivity contribution in [3.8, 4) is 0 Å². The summed E-state index contributed by atoms with van der Waals surface area (Å²) >= 11 is 10.9. The number of hydrogen-bond acceptors (Lipinski definition) is 3. The fourth-order valence-electron chi connectivity index (χ4n) is 2.32. The maximum atomic E-state index is 13.7. The Labute approximate surface area is 176 Å². The molecule has 0 saturated carbocycles. The maximum Gasteiger partial charge on any atom is 0.261 e. The Morgan fingerprint density at radius 1 is 0.862 bits per heavy atom. The second-order valence-corrected chi connectivity index (χ2v) is 8.37. The van der Waals surface area contributed by atoms with Crippen LogP contribution in [-0.2, 0) is 10.0 Å². The summed E-state index contributed by atoms with van der Waals surface area (Å²) in [4.78, 5) is 0.0430. The molecule has 0 amide bonds. The number of rotatable bonds is 5. The van der Waals surface area contributed by atoms with Crippen LogP contribution in [0.2, 0.25) is 5.02 Å². The Kier molecular flexibility index (Phi) is 6.31. The third-order valence-electron chi connectivity index (χ3n) is 3.70. The molecule has 3 rings (SSSR count). The molecule has 0 aromatic heterocycles. The molecule has 29 heavy (non-hydrogen) atoms. The van der Waals surface area contributed by atoms with Gasteiger partial charge in [-0.25, -0.2) is 17.2 Å². The van der Waals surface area contributed by atoms with Crippen LogP contribution in [-0.4, -0.2) is 13.5 Å². The van der Waals surface area contributed by atoms with Gasteiger partial charge >= 0.3 is 0 Å². The predicted molar refractivity (Wildman–Crippen MR) is 115 cm³/mol. The first kappa shape index (κ1) is 21.0. The van der Waals surface area contributed by atoms with E-state index in [1.807, 2.05) is 0 Å². The van der Waals surface area contributed by atoms with Crippen molar-refractivity contribution in [2.24, 2.45) is 0 Å². The molecule has 5 nitrogen and oxygen atoms in total. The van der Waals surface area contributed by atoms with Gasteiger partial charge in [-0.15, -0.1) is 0 Å². The Balaban J connectivity index is 1.66. The molecule has 3 N–H and O–H groups in total. The lowest BCUT2D eigenvalue weighted by atomic mass is 10.3. The van der Waals surface area contributed by atoms with Crippen molar-refractivity contribution in [2.75, 3.05) is 15.4 Å². The van der Waals surface area contributed by atoms with E-state index < -0.39 is 21.7 Å². The number of anilines is 3. The van der Waals surface area contributed by atoms with Crippen LogP contribution in [0.25, 0.3) is 0 Å². The molecule has 0 aliphatic carbocycles. The van der Waals surface area contributed by atoms with Crippen LogP contribution in [0, 0.1) is 11.6 Å². The van der Waals surface area contributed by atoms with Crippen LogP contribution in [0.4, 0.5) is 25.8 Å². The Bertz CT molecular complexity index is 1140. The average molecular weight is 454 g/mol. The Morgan fingerprint density at radius 2 is 1.48 bits per heavy atom. The fourth-order valence-corrected chi connectivity index (χ4v) is 3.74. The third-order valence-corrected chi connectivity index (χ3v) is 5.55. The Hall–Kier alpha value is -2.75. The van der Waals surface area contributed by atoms with E-state index in [9.17, 15) is 17.2 Å². The van der Waals surface area contributed by atoms with Gasteiger partial charge in [-0.05, 0) is 72.9 Å². The third kappa shape index (κ3) is 5.63. The van der Waals surface area contributed by atoms with E-state index in [-0.39, 0.29) is 15.7 Å². The van der Waals surface area contributed by atoms with E-state index in [2.05, 4.69) is 15.4 Å². The normalized spacial score (nSPS) is 11.0. The highest BCUT2D eigenvalue weighted by atomic mass is 35.5. The van der Waals surface area contributed by atoms with Crippen molar-refractivity contribution in [1.29, 1.82) is 0 Å². The van der Waals surface area contributed by atoms with E-state index in [0.717, 1.165) is 12.1 Å². The predicted octanol–water partition coefficient (Wildman–Crippen LogP) is 5.23. The van der Waals surface area contributed by atoms with Gasteiger partial charge in [-0.3, -0.25) is 4.72 Å². The van der Waals surface area contributed by atoms with Crippen LogP contribution in [0.5, 0.6) is 0 Å². The molecule has 0 saturated heterocycles. The van der Waals surface area contributed by atoms with Crippen molar-refractivity contribution in [2.45, 2.75) is 4.90 Å². The average Bonchev–Trinajstić information content (AvgIpc) is 2.66. The monoisotopic (exact) mass is 453 g/mol. The van der Waals surface area contributed by atoms with Gasteiger partial charge in [-0.1, -0.05) is 11.6 Å². The number of sulfonamides is 1. The van der Waals surface area contributed by atoms with Gasteiger partial charge in [0.15, 0.2) is 5.11 Å². The highest BCUT2D eigenvalue weighted by Crippen LogP contribution is 2.20. The lowest BCUT2D eigenvalue weighted by Crippen LogP contribution is -2.20. The number of nitrogens with one attached hydrogen (secondary N) is 3. The molecule has 0 aliphatic rings. The van der Waals surface area contributed by atoms with Crippen molar-refractivity contribution in [3.05, 3.63) is 83.4 Å². The lowest BCUT2D eigenvalue weighted by Gasteiger charge is -2.12. The smallest absolute Gasteiger partial charge is 0.261 e. The highest BCUT2D eigenvalue weighted by molar-refractivity contribution is 7.92. The zero-order chi connectivity index (χ0) is 21.0. The van der Waals surface area contributed by atoms with Gasteiger partial charge < -0.3 is 10.6 Å². The molecule has 0 bridgehead atoms. The first-order valence-electron chi connectivity index (χ1n) is 8.14. The molecule has 10 heteroatoms. The SMILES string of the molecule is O=S(=O)(Nc1ccc(Cl)cc1)c1ccc(NC(=S)Nc2ccc(F)cc2F)cc1. The van der Waals surface area contributed by atoms with Crippen LogP contribution in [0.1, 0.15) is 0 Å². The molecule has 0 heterocycles. The van der Waals surface area contributed by atoms with E-state index in [0.29, 0.717) is 16.4 Å². The quantitative estimate of drug-likeness (QED) is 0.461. The molecule has 3 aromatic rings. The zero-order valence-corrected chi connectivity index (χ0v) is 17.0. The summed E-state index contributed by atoms with van der Waals surface area (Å²) in [7, 11) is -3.78. The minimum atomic E-state index is -3.78. The molecule has 0 radical (unpaired) electrons. The molecule has 0 aliphatic heterocycles. The van der Waals surface area contributed by atoms with Gasteiger partial charge in [0.2, 0.25) is 0 Å². The van der Waals surface area contributed by atoms with Crippen LogP contribution < -0.4 is 15.4 Å². The van der Waals surface area contributed by atoms with E-state index in [1.54, 1.807) is 24.3 Å². The summed E-state index contributed by atoms with van der Waals surface area (Å²) in [5, 5.41) is 5.96. The van der Waals surface area contributed by atoms with Crippen molar-refractivity contribution in [3.63, 3.8) is 0 Å². The largest absolute Gasteiger partial charge is 0.332 e. The summed E-state index contributed by atoms with van der Waals surface area (Å²) in [6.45, 7) is 0. The topological polar surface area (TPSA) is 70.2 Å². The van der Waals surface area contributed by atoms with Crippen LogP contribution in [0.3, 0.4) is 0 Å². The molecular weight excluding hydrogens is 440 g/mol. The number of hydrogen-bond donors (Lipinski definition) is 3. The maximum absolute atomic E-state index is 13.7. The number of benzene rings is 3. The molecular formula is C19H14ClF2N3O2S2. The molecule has 0 spiro atoms. The summed E-state index contributed by atoms with van der Waals surface area (Å²) in [6, 6.07) is 15.1. The molecule has 3 aromatic carbocycles. The summed E-state index contributed by atoms with van der Waals surface area (Å²) in [5.74, 6) is -1.49. The lowest BCUT2D eigenvalue weighted by molar-refractivity contribution is 0.586. The second kappa shape index (κ2) is 8.73. The second-order valence-electron chi connectivity index (χ2n) is 5.84. The van der Waals surface area contributed by atoms with E-state index in [4.69, 9.17) is 23.8 Å². The van der Waals surface area contributed by atoms with E-state index >= 15 is 0 Å². The van der Waals surface area contributed by atoms with Gasteiger partial charge in [-0.2, -0.15) is 0 Å². The van der Waals surface area contributed by atoms with Gasteiger partial charge in [0, 0.05) is 22.5 Å². The van der Waals surface area contributed by atoms with Crippen molar-refractivity contribution >= 4 is 56.0 Å². The zero-order valence-electron chi connectivity index (χ0n) is 14.6. The summed E-state index contributed by atoms with van der Waals surface area (Å²) < 4.78 is 54.0. The minimum absolute atomic E-state index is 0.00950. The highest BCUT2D eigenvalue weighted by Gasteiger charge is 2.14. The molecule has 0 unspecified atom stereocenters. The van der Waals surface area contributed by atoms with Crippen molar-refractivity contribution in [1.82, 2.24) is 0 Å². The molecule has 0 fully saturated rings. The van der Waals surface area contributed by atoms with Gasteiger partial charge in [0.25, 0.3) is 10.0 Å². The first-order valence-corrected chi connectivity index (χ1v) is 10.4. The van der Waals surface area contributed by atoms with Crippen molar-refractivity contribution < 1.29 is 17.2 Å². The van der Waals surface area contributed by atoms with Gasteiger partial charge in [0.1, 0.15) is 11.6 Å². The van der Waals surface area contributed by atoms with Crippen LogP contribution in [0.15, 0.2) is 71.6 Å². The molecule has 150 valence electrons. The standard InChI is InChI=1S/C19H14ClF2N3O2S2/c20-12-1-4-15(5-2-12)25-29(26,27)16-8-6-14(7-9-16)23-19(28)24-18-10-3-13(21)11-17(18)22/h1-11,25H,(H2,23,24,28).